The van der Waals surface area contributed by atoms with Crippen LogP contribution in [0.3, 0.4) is 0 Å². The van der Waals surface area contributed by atoms with Crippen LogP contribution in [0.4, 0.5) is 0 Å². The highest BCUT2D eigenvalue weighted by Crippen LogP contribution is 2.18. The van der Waals surface area contributed by atoms with Gasteiger partial charge in [-0.2, -0.15) is 0 Å². The Labute approximate surface area is 106 Å². The Morgan fingerprint density at radius 3 is 2.83 bits per heavy atom. The second-order valence-electron chi connectivity index (χ2n) is 4.72. The van der Waals surface area contributed by atoms with Crippen LogP contribution in [0.25, 0.3) is 0 Å². The van der Waals surface area contributed by atoms with Gasteiger partial charge in [0.15, 0.2) is 0 Å². The first-order valence-corrected chi connectivity index (χ1v) is 6.38. The number of amides is 1. The molecule has 0 bridgehead atoms. The van der Waals surface area contributed by atoms with Gasteiger partial charge in [-0.05, 0) is 44.9 Å². The summed E-state index contributed by atoms with van der Waals surface area (Å²) < 4.78 is 0. The lowest BCUT2D eigenvalue weighted by Gasteiger charge is -2.05. The lowest BCUT2D eigenvalue weighted by Crippen LogP contribution is -2.32. The zero-order valence-electron chi connectivity index (χ0n) is 10.6. The van der Waals surface area contributed by atoms with E-state index in [0.717, 1.165) is 18.7 Å². The van der Waals surface area contributed by atoms with E-state index in [1.54, 1.807) is 19.1 Å². The lowest BCUT2D eigenvalue weighted by molar-refractivity contribution is 0.0951. The van der Waals surface area contributed by atoms with Crippen LogP contribution >= 0.6 is 0 Å². The Hall–Kier alpha value is -1.62. The zero-order valence-corrected chi connectivity index (χ0v) is 10.6. The van der Waals surface area contributed by atoms with Crippen molar-refractivity contribution >= 4 is 5.91 Å². The van der Waals surface area contributed by atoms with Crippen LogP contribution in [-0.4, -0.2) is 30.0 Å². The molecule has 0 saturated heterocycles. The van der Waals surface area contributed by atoms with E-state index in [1.807, 2.05) is 0 Å². The van der Waals surface area contributed by atoms with Crippen LogP contribution < -0.4 is 16.2 Å². The molecule has 98 valence electrons. The molecule has 1 aromatic rings. The summed E-state index contributed by atoms with van der Waals surface area (Å²) in [4.78, 5) is 25.9. The Morgan fingerprint density at radius 2 is 2.17 bits per heavy atom. The number of carbonyl (C=O) groups excluding carboxylic acids is 1. The van der Waals surface area contributed by atoms with Crippen molar-refractivity contribution in [2.45, 2.75) is 32.2 Å². The molecule has 0 atom stereocenters. The van der Waals surface area contributed by atoms with E-state index in [-0.39, 0.29) is 17.0 Å². The van der Waals surface area contributed by atoms with Gasteiger partial charge in [0.2, 0.25) is 0 Å². The Morgan fingerprint density at radius 1 is 1.39 bits per heavy atom. The molecule has 2 rings (SSSR count). The minimum Gasteiger partial charge on any atom is -0.352 e. The summed E-state index contributed by atoms with van der Waals surface area (Å²) in [5, 5.41) is 6.12. The van der Waals surface area contributed by atoms with Crippen molar-refractivity contribution in [1.29, 1.82) is 0 Å². The molecule has 0 aromatic carbocycles. The Bertz CT molecular complexity index is 477. The van der Waals surface area contributed by atoms with Crippen LogP contribution in [0.1, 0.15) is 35.3 Å². The number of carbonyl (C=O) groups is 1. The number of rotatable bonds is 6. The predicted molar refractivity (Wildman–Crippen MR) is 69.8 cm³/mol. The number of H-pyrrole nitrogens is 1. The topological polar surface area (TPSA) is 74.0 Å². The molecule has 0 spiro atoms. The molecule has 1 aliphatic carbocycles. The fourth-order valence-corrected chi connectivity index (χ4v) is 1.73. The second kappa shape index (κ2) is 5.82. The summed E-state index contributed by atoms with van der Waals surface area (Å²) in [6.07, 6.45) is 3.42. The second-order valence-corrected chi connectivity index (χ2v) is 4.72. The number of hydrogen-bond acceptors (Lipinski definition) is 3. The monoisotopic (exact) mass is 249 g/mol. The number of aromatic amines is 1. The Kier molecular flexibility index (Phi) is 4.15. The standard InChI is InChI=1S/C13H19N3O2/c1-9-3-6-11(13(18)16-9)12(17)15-8-2-7-14-10-4-5-10/h3,6,10,14H,2,4-5,7-8H2,1H3,(H,15,17)(H,16,18). The average molecular weight is 249 g/mol. The number of hydrogen-bond donors (Lipinski definition) is 3. The normalized spacial score (nSPS) is 14.5. The van der Waals surface area contributed by atoms with Gasteiger partial charge in [0.05, 0.1) is 0 Å². The van der Waals surface area contributed by atoms with E-state index in [4.69, 9.17) is 0 Å². The first kappa shape index (κ1) is 12.8. The van der Waals surface area contributed by atoms with E-state index in [0.29, 0.717) is 12.6 Å². The third-order valence-electron chi connectivity index (χ3n) is 2.95. The summed E-state index contributed by atoms with van der Waals surface area (Å²) in [6, 6.07) is 3.98. The summed E-state index contributed by atoms with van der Waals surface area (Å²) in [7, 11) is 0. The van der Waals surface area contributed by atoms with Crippen molar-refractivity contribution in [3.8, 4) is 0 Å². The molecule has 1 saturated carbocycles. The maximum absolute atomic E-state index is 11.7. The van der Waals surface area contributed by atoms with Gasteiger partial charge in [-0.15, -0.1) is 0 Å². The predicted octanol–water partition coefficient (Wildman–Crippen LogP) is 0.555. The smallest absolute Gasteiger partial charge is 0.260 e. The number of pyridine rings is 1. The van der Waals surface area contributed by atoms with Gasteiger partial charge in [-0.1, -0.05) is 0 Å². The molecule has 3 N–H and O–H groups in total. The fourth-order valence-electron chi connectivity index (χ4n) is 1.73. The van der Waals surface area contributed by atoms with Gasteiger partial charge in [0.25, 0.3) is 11.5 Å². The van der Waals surface area contributed by atoms with Gasteiger partial charge in [-0.25, -0.2) is 0 Å². The number of aryl methyl sites for hydroxylation is 1. The van der Waals surface area contributed by atoms with Gasteiger partial charge < -0.3 is 15.6 Å². The number of aromatic nitrogens is 1. The third-order valence-corrected chi connectivity index (χ3v) is 2.95. The highest BCUT2D eigenvalue weighted by atomic mass is 16.2. The molecule has 0 radical (unpaired) electrons. The van der Waals surface area contributed by atoms with E-state index >= 15 is 0 Å². The Balaban J connectivity index is 1.74. The van der Waals surface area contributed by atoms with Crippen molar-refractivity contribution in [2.75, 3.05) is 13.1 Å². The van der Waals surface area contributed by atoms with E-state index in [2.05, 4.69) is 15.6 Å². The molecule has 0 aliphatic heterocycles. The van der Waals surface area contributed by atoms with Crippen molar-refractivity contribution in [3.05, 3.63) is 33.7 Å². The average Bonchev–Trinajstić information content (AvgIpc) is 3.12. The SMILES string of the molecule is Cc1ccc(C(=O)NCCCNC2CC2)c(=O)[nH]1. The van der Waals surface area contributed by atoms with Gasteiger partial charge in [-0.3, -0.25) is 9.59 Å². The van der Waals surface area contributed by atoms with Gasteiger partial charge in [0.1, 0.15) is 5.56 Å². The zero-order chi connectivity index (χ0) is 13.0. The maximum atomic E-state index is 11.7. The third kappa shape index (κ3) is 3.70. The molecule has 1 amide bonds. The molecule has 0 unspecified atom stereocenters. The molecule has 5 nitrogen and oxygen atoms in total. The molecule has 1 aromatic heterocycles. The summed E-state index contributed by atoms with van der Waals surface area (Å²) >= 11 is 0. The highest BCUT2D eigenvalue weighted by molar-refractivity contribution is 5.93. The van der Waals surface area contributed by atoms with Crippen molar-refractivity contribution in [1.82, 2.24) is 15.6 Å². The first-order valence-electron chi connectivity index (χ1n) is 6.38. The maximum Gasteiger partial charge on any atom is 0.260 e. The summed E-state index contributed by atoms with van der Waals surface area (Å²) in [6.45, 7) is 3.29. The minimum atomic E-state index is -0.330. The molecule has 5 heteroatoms. The van der Waals surface area contributed by atoms with Crippen LogP contribution in [0.15, 0.2) is 16.9 Å². The van der Waals surface area contributed by atoms with E-state index < -0.39 is 0 Å². The molecular weight excluding hydrogens is 230 g/mol. The number of nitrogens with one attached hydrogen (secondary N) is 3. The van der Waals surface area contributed by atoms with Crippen molar-refractivity contribution in [2.24, 2.45) is 0 Å². The van der Waals surface area contributed by atoms with Crippen LogP contribution in [-0.2, 0) is 0 Å². The van der Waals surface area contributed by atoms with E-state index in [1.165, 1.54) is 12.8 Å². The van der Waals surface area contributed by atoms with Gasteiger partial charge in [0, 0.05) is 18.3 Å². The summed E-state index contributed by atoms with van der Waals surface area (Å²) in [5.41, 5.74) is 0.601. The highest BCUT2D eigenvalue weighted by Gasteiger charge is 2.19. The molecule has 18 heavy (non-hydrogen) atoms. The van der Waals surface area contributed by atoms with Gasteiger partial charge >= 0.3 is 0 Å². The van der Waals surface area contributed by atoms with Crippen LogP contribution in [0.2, 0.25) is 0 Å². The first-order chi connectivity index (χ1) is 8.66. The molecular formula is C13H19N3O2. The van der Waals surface area contributed by atoms with Crippen molar-refractivity contribution < 1.29 is 4.79 Å². The minimum absolute atomic E-state index is 0.177. The molecule has 1 fully saturated rings. The quantitative estimate of drug-likeness (QED) is 0.645. The molecule has 1 heterocycles. The van der Waals surface area contributed by atoms with Crippen LogP contribution in [0, 0.1) is 6.92 Å². The fraction of sp³-hybridized carbons (Fsp3) is 0.538. The lowest BCUT2D eigenvalue weighted by atomic mass is 10.2. The van der Waals surface area contributed by atoms with Crippen LogP contribution in [0.5, 0.6) is 0 Å². The largest absolute Gasteiger partial charge is 0.352 e. The summed E-state index contributed by atoms with van der Waals surface area (Å²) in [5.74, 6) is -0.303. The van der Waals surface area contributed by atoms with Crippen molar-refractivity contribution in [3.63, 3.8) is 0 Å². The van der Waals surface area contributed by atoms with E-state index in [9.17, 15) is 9.59 Å². The molecule has 1 aliphatic rings.